The molecule has 0 amide bonds. The molecule has 17 heavy (non-hydrogen) atoms. The number of carbonyl (C=O) groups excluding carboxylic acids is 1. The molecule has 1 unspecified atom stereocenters. The monoisotopic (exact) mass is 241 g/mol. The Morgan fingerprint density at radius 2 is 2.24 bits per heavy atom. The molecule has 2 N–H and O–H groups in total. The van der Waals surface area contributed by atoms with Gasteiger partial charge in [-0.05, 0) is 19.1 Å². The molecular weight excluding hydrogens is 225 g/mol. The highest BCUT2D eigenvalue weighted by molar-refractivity contribution is 5.70. The normalized spacial score (nSPS) is 12.0. The van der Waals surface area contributed by atoms with Gasteiger partial charge in [0.15, 0.2) is 0 Å². The van der Waals surface area contributed by atoms with Crippen LogP contribution in [-0.2, 0) is 9.53 Å². The van der Waals surface area contributed by atoms with Crippen molar-refractivity contribution in [3.05, 3.63) is 29.6 Å². The Labute approximate surface area is 99.5 Å². The van der Waals surface area contributed by atoms with Crippen molar-refractivity contribution < 1.29 is 18.7 Å². The highest BCUT2D eigenvalue weighted by Crippen LogP contribution is 2.28. The Morgan fingerprint density at radius 1 is 1.53 bits per heavy atom. The van der Waals surface area contributed by atoms with Gasteiger partial charge in [0.05, 0.1) is 20.1 Å². The smallest absolute Gasteiger partial charge is 0.307 e. The highest BCUT2D eigenvalue weighted by atomic mass is 19.1. The standard InChI is InChI=1S/C12H16FNO3/c1-3-17-11(15)7-9(14)12-8(13)5-4-6-10(12)16-2/h4-6,9H,3,7,14H2,1-2H3. The van der Waals surface area contributed by atoms with Crippen LogP contribution in [0.5, 0.6) is 5.75 Å². The quantitative estimate of drug-likeness (QED) is 0.798. The molecule has 0 heterocycles. The zero-order chi connectivity index (χ0) is 12.8. The number of esters is 1. The summed E-state index contributed by atoms with van der Waals surface area (Å²) in [4.78, 5) is 11.3. The van der Waals surface area contributed by atoms with E-state index in [0.717, 1.165) is 0 Å². The van der Waals surface area contributed by atoms with Gasteiger partial charge < -0.3 is 15.2 Å². The molecule has 0 aliphatic heterocycles. The first-order valence-corrected chi connectivity index (χ1v) is 5.33. The second-order valence-corrected chi connectivity index (χ2v) is 3.47. The predicted octanol–water partition coefficient (Wildman–Crippen LogP) is 1.79. The predicted molar refractivity (Wildman–Crippen MR) is 61.1 cm³/mol. The summed E-state index contributed by atoms with van der Waals surface area (Å²) >= 11 is 0. The minimum Gasteiger partial charge on any atom is -0.496 e. The maximum absolute atomic E-state index is 13.6. The first kappa shape index (κ1) is 13.4. The number of halogens is 1. The molecule has 1 rings (SSSR count). The molecule has 0 aliphatic carbocycles. The Balaban J connectivity index is 2.87. The van der Waals surface area contributed by atoms with Crippen molar-refractivity contribution in [1.29, 1.82) is 0 Å². The maximum atomic E-state index is 13.6. The van der Waals surface area contributed by atoms with Crippen molar-refractivity contribution in [2.45, 2.75) is 19.4 Å². The van der Waals surface area contributed by atoms with Gasteiger partial charge in [-0.3, -0.25) is 4.79 Å². The number of carbonyl (C=O) groups is 1. The molecule has 0 spiro atoms. The maximum Gasteiger partial charge on any atom is 0.307 e. The number of nitrogens with two attached hydrogens (primary N) is 1. The van der Waals surface area contributed by atoms with Gasteiger partial charge >= 0.3 is 5.97 Å². The Kier molecular flexibility index (Phi) is 4.90. The second kappa shape index (κ2) is 6.20. The van der Waals surface area contributed by atoms with Gasteiger partial charge in [-0.1, -0.05) is 6.07 Å². The van der Waals surface area contributed by atoms with Crippen LogP contribution in [0.15, 0.2) is 18.2 Å². The van der Waals surface area contributed by atoms with E-state index in [9.17, 15) is 9.18 Å². The van der Waals surface area contributed by atoms with E-state index in [1.165, 1.54) is 19.2 Å². The molecule has 1 aromatic rings. The highest BCUT2D eigenvalue weighted by Gasteiger charge is 2.20. The van der Waals surface area contributed by atoms with Crippen LogP contribution < -0.4 is 10.5 Å². The topological polar surface area (TPSA) is 61.5 Å². The fraction of sp³-hybridized carbons (Fsp3) is 0.417. The molecule has 4 nitrogen and oxygen atoms in total. The van der Waals surface area contributed by atoms with Crippen molar-refractivity contribution in [2.75, 3.05) is 13.7 Å². The van der Waals surface area contributed by atoms with E-state index in [1.807, 2.05) is 0 Å². The van der Waals surface area contributed by atoms with Crippen LogP contribution in [0.3, 0.4) is 0 Å². The summed E-state index contributed by atoms with van der Waals surface area (Å²) in [5, 5.41) is 0. The molecule has 0 radical (unpaired) electrons. The van der Waals surface area contributed by atoms with Gasteiger partial charge in [0.25, 0.3) is 0 Å². The zero-order valence-corrected chi connectivity index (χ0v) is 9.90. The van der Waals surface area contributed by atoms with Crippen molar-refractivity contribution in [2.24, 2.45) is 5.73 Å². The Bertz CT molecular complexity index is 395. The number of methoxy groups -OCH3 is 1. The van der Waals surface area contributed by atoms with Crippen LogP contribution in [0.1, 0.15) is 24.9 Å². The summed E-state index contributed by atoms with van der Waals surface area (Å²) in [6.45, 7) is 1.98. The lowest BCUT2D eigenvalue weighted by atomic mass is 10.0. The number of hydrogen-bond acceptors (Lipinski definition) is 4. The first-order chi connectivity index (χ1) is 8.10. The molecular formula is C12H16FNO3. The van der Waals surface area contributed by atoms with E-state index >= 15 is 0 Å². The number of hydrogen-bond donors (Lipinski definition) is 1. The summed E-state index contributed by atoms with van der Waals surface area (Å²) in [5.41, 5.74) is 5.98. The molecule has 0 aromatic heterocycles. The summed E-state index contributed by atoms with van der Waals surface area (Å²) < 4.78 is 23.4. The van der Waals surface area contributed by atoms with Crippen LogP contribution in [0.25, 0.3) is 0 Å². The van der Waals surface area contributed by atoms with Crippen LogP contribution in [0, 0.1) is 5.82 Å². The van der Waals surface area contributed by atoms with Gasteiger partial charge in [0.2, 0.25) is 0 Å². The molecule has 1 atom stereocenters. The lowest BCUT2D eigenvalue weighted by molar-refractivity contribution is -0.143. The van der Waals surface area contributed by atoms with Crippen LogP contribution in [0.4, 0.5) is 4.39 Å². The van der Waals surface area contributed by atoms with Crippen molar-refractivity contribution in [3.8, 4) is 5.75 Å². The third-order valence-electron chi connectivity index (χ3n) is 2.30. The molecule has 0 saturated carbocycles. The molecule has 0 fully saturated rings. The van der Waals surface area contributed by atoms with E-state index < -0.39 is 17.8 Å². The molecule has 0 saturated heterocycles. The van der Waals surface area contributed by atoms with Crippen LogP contribution in [-0.4, -0.2) is 19.7 Å². The number of rotatable bonds is 5. The largest absolute Gasteiger partial charge is 0.496 e. The average Bonchev–Trinajstić information content (AvgIpc) is 2.28. The Morgan fingerprint density at radius 3 is 2.82 bits per heavy atom. The summed E-state index contributed by atoms with van der Waals surface area (Å²) in [5.74, 6) is -0.603. The van der Waals surface area contributed by atoms with Gasteiger partial charge in [0.1, 0.15) is 11.6 Å². The fourth-order valence-electron chi connectivity index (χ4n) is 1.56. The van der Waals surface area contributed by atoms with Crippen molar-refractivity contribution in [3.63, 3.8) is 0 Å². The third kappa shape index (κ3) is 3.42. The number of ether oxygens (including phenoxy) is 2. The molecule has 0 aliphatic rings. The SMILES string of the molecule is CCOC(=O)CC(N)c1c(F)cccc1OC. The summed E-state index contributed by atoms with van der Waals surface area (Å²) in [6.07, 6.45) is -0.0782. The van der Waals surface area contributed by atoms with Crippen molar-refractivity contribution >= 4 is 5.97 Å². The fourth-order valence-corrected chi connectivity index (χ4v) is 1.56. The lowest BCUT2D eigenvalue weighted by Gasteiger charge is -2.15. The molecule has 1 aromatic carbocycles. The minimum absolute atomic E-state index is 0.0782. The molecule has 5 heteroatoms. The van der Waals surface area contributed by atoms with E-state index in [1.54, 1.807) is 13.0 Å². The van der Waals surface area contributed by atoms with Gasteiger partial charge in [-0.15, -0.1) is 0 Å². The van der Waals surface area contributed by atoms with E-state index in [0.29, 0.717) is 5.75 Å². The summed E-state index contributed by atoms with van der Waals surface area (Å²) in [7, 11) is 1.43. The third-order valence-corrected chi connectivity index (χ3v) is 2.30. The van der Waals surface area contributed by atoms with E-state index in [4.69, 9.17) is 15.2 Å². The summed E-state index contributed by atoms with van der Waals surface area (Å²) in [6, 6.07) is 3.63. The van der Waals surface area contributed by atoms with Crippen LogP contribution in [0.2, 0.25) is 0 Å². The average molecular weight is 241 g/mol. The van der Waals surface area contributed by atoms with E-state index in [2.05, 4.69) is 0 Å². The molecule has 0 bridgehead atoms. The second-order valence-electron chi connectivity index (χ2n) is 3.47. The Hall–Kier alpha value is -1.62. The lowest BCUT2D eigenvalue weighted by Crippen LogP contribution is -2.19. The first-order valence-electron chi connectivity index (χ1n) is 5.33. The number of benzene rings is 1. The molecule has 94 valence electrons. The van der Waals surface area contributed by atoms with E-state index in [-0.39, 0.29) is 18.6 Å². The van der Waals surface area contributed by atoms with Gasteiger partial charge in [0, 0.05) is 11.6 Å². The van der Waals surface area contributed by atoms with Crippen molar-refractivity contribution in [1.82, 2.24) is 0 Å². The minimum atomic E-state index is -0.773. The van der Waals surface area contributed by atoms with Crippen LogP contribution >= 0.6 is 0 Å². The van der Waals surface area contributed by atoms with Gasteiger partial charge in [-0.2, -0.15) is 0 Å². The zero-order valence-electron chi connectivity index (χ0n) is 9.90. The van der Waals surface area contributed by atoms with Gasteiger partial charge in [-0.25, -0.2) is 4.39 Å².